The molecule has 0 saturated carbocycles. The SMILES string of the molecule is CCc1ccc(NC(=O)CSc2nnc3c(=O)n(-c4ccc(F)cc4)ccn23)cc1. The normalized spacial score (nSPS) is 11.0. The zero-order valence-corrected chi connectivity index (χ0v) is 16.9. The molecule has 0 saturated heterocycles. The summed E-state index contributed by atoms with van der Waals surface area (Å²) in [7, 11) is 0. The number of thioether (sulfide) groups is 1. The van der Waals surface area contributed by atoms with Crippen LogP contribution in [0.1, 0.15) is 12.5 Å². The molecule has 0 spiro atoms. The van der Waals surface area contributed by atoms with Crippen LogP contribution in [0.5, 0.6) is 0 Å². The molecule has 2 heterocycles. The summed E-state index contributed by atoms with van der Waals surface area (Å²) in [5.41, 5.74) is 2.19. The van der Waals surface area contributed by atoms with E-state index in [1.54, 1.807) is 12.4 Å². The van der Waals surface area contributed by atoms with Crippen molar-refractivity contribution in [1.82, 2.24) is 19.2 Å². The van der Waals surface area contributed by atoms with Gasteiger partial charge in [0.05, 0.1) is 5.75 Å². The van der Waals surface area contributed by atoms with E-state index in [1.165, 1.54) is 50.6 Å². The van der Waals surface area contributed by atoms with E-state index in [0.717, 1.165) is 12.1 Å². The first-order valence-electron chi connectivity index (χ1n) is 9.29. The van der Waals surface area contributed by atoms with Gasteiger partial charge in [0, 0.05) is 23.8 Å². The number of benzene rings is 2. The van der Waals surface area contributed by atoms with Crippen molar-refractivity contribution in [3.8, 4) is 5.69 Å². The van der Waals surface area contributed by atoms with E-state index < -0.39 is 0 Å². The fraction of sp³-hybridized carbons (Fsp3) is 0.143. The molecular formula is C21H18FN5O2S. The van der Waals surface area contributed by atoms with Crippen LogP contribution in [0.3, 0.4) is 0 Å². The number of nitrogens with one attached hydrogen (secondary N) is 1. The van der Waals surface area contributed by atoms with Crippen molar-refractivity contribution in [3.05, 3.63) is 82.7 Å². The van der Waals surface area contributed by atoms with Gasteiger partial charge in [0.2, 0.25) is 11.6 Å². The van der Waals surface area contributed by atoms with E-state index in [0.29, 0.717) is 10.8 Å². The van der Waals surface area contributed by atoms with Gasteiger partial charge in [-0.15, -0.1) is 10.2 Å². The zero-order chi connectivity index (χ0) is 21.1. The number of amides is 1. The second-order valence-corrected chi connectivity index (χ2v) is 7.46. The molecule has 152 valence electrons. The van der Waals surface area contributed by atoms with Crippen molar-refractivity contribution in [2.45, 2.75) is 18.5 Å². The second kappa shape index (κ2) is 8.50. The Morgan fingerprint density at radius 2 is 1.80 bits per heavy atom. The Morgan fingerprint density at radius 3 is 2.50 bits per heavy atom. The minimum Gasteiger partial charge on any atom is -0.325 e. The lowest BCUT2D eigenvalue weighted by atomic mass is 10.1. The lowest BCUT2D eigenvalue weighted by molar-refractivity contribution is -0.113. The molecule has 30 heavy (non-hydrogen) atoms. The van der Waals surface area contributed by atoms with Crippen LogP contribution in [0, 0.1) is 5.82 Å². The minimum atomic E-state index is -0.385. The Kier molecular flexibility index (Phi) is 5.62. The quantitative estimate of drug-likeness (QED) is 0.481. The van der Waals surface area contributed by atoms with Crippen LogP contribution in [0.4, 0.5) is 10.1 Å². The summed E-state index contributed by atoms with van der Waals surface area (Å²) in [5, 5.41) is 11.3. The van der Waals surface area contributed by atoms with Gasteiger partial charge in [0.15, 0.2) is 5.16 Å². The summed E-state index contributed by atoms with van der Waals surface area (Å²) in [4.78, 5) is 25.0. The highest BCUT2D eigenvalue weighted by molar-refractivity contribution is 7.99. The number of hydrogen-bond acceptors (Lipinski definition) is 5. The van der Waals surface area contributed by atoms with Gasteiger partial charge < -0.3 is 5.32 Å². The molecule has 7 nitrogen and oxygen atoms in total. The van der Waals surface area contributed by atoms with Crippen molar-refractivity contribution in [2.24, 2.45) is 0 Å². The Labute approximate surface area is 175 Å². The molecular weight excluding hydrogens is 405 g/mol. The van der Waals surface area contributed by atoms with Gasteiger partial charge in [-0.2, -0.15) is 0 Å². The molecule has 0 aliphatic heterocycles. The van der Waals surface area contributed by atoms with Gasteiger partial charge in [-0.3, -0.25) is 18.6 Å². The largest absolute Gasteiger partial charge is 0.325 e. The number of aryl methyl sites for hydroxylation is 1. The number of halogens is 1. The molecule has 0 aliphatic rings. The first-order valence-corrected chi connectivity index (χ1v) is 10.3. The fourth-order valence-corrected chi connectivity index (χ4v) is 3.64. The average Bonchev–Trinajstić information content (AvgIpc) is 3.18. The van der Waals surface area contributed by atoms with Crippen molar-refractivity contribution < 1.29 is 9.18 Å². The number of anilines is 1. The molecule has 0 unspecified atom stereocenters. The first kappa shape index (κ1) is 19.8. The van der Waals surface area contributed by atoms with Crippen molar-refractivity contribution >= 4 is 29.0 Å². The van der Waals surface area contributed by atoms with E-state index in [4.69, 9.17) is 0 Å². The topological polar surface area (TPSA) is 81.3 Å². The van der Waals surface area contributed by atoms with Gasteiger partial charge >= 0.3 is 5.56 Å². The lowest BCUT2D eigenvalue weighted by Gasteiger charge is -2.07. The molecule has 4 aromatic rings. The van der Waals surface area contributed by atoms with Gasteiger partial charge in [-0.05, 0) is 48.4 Å². The molecule has 9 heteroatoms. The third-order valence-corrected chi connectivity index (χ3v) is 5.47. The van der Waals surface area contributed by atoms with Crippen LogP contribution < -0.4 is 10.9 Å². The zero-order valence-electron chi connectivity index (χ0n) is 16.1. The monoisotopic (exact) mass is 423 g/mol. The summed E-state index contributed by atoms with van der Waals surface area (Å²) in [6.07, 6.45) is 4.14. The van der Waals surface area contributed by atoms with Crippen LogP contribution >= 0.6 is 11.8 Å². The van der Waals surface area contributed by atoms with Crippen molar-refractivity contribution in [1.29, 1.82) is 0 Å². The smallest absolute Gasteiger partial charge is 0.300 e. The van der Waals surface area contributed by atoms with Gasteiger partial charge in [-0.1, -0.05) is 30.8 Å². The highest BCUT2D eigenvalue weighted by Crippen LogP contribution is 2.17. The molecule has 2 aromatic carbocycles. The first-order chi connectivity index (χ1) is 14.5. The van der Waals surface area contributed by atoms with E-state index in [9.17, 15) is 14.0 Å². The maximum atomic E-state index is 13.1. The predicted molar refractivity (Wildman–Crippen MR) is 114 cm³/mol. The van der Waals surface area contributed by atoms with Crippen LogP contribution in [0.15, 0.2) is 70.9 Å². The fourth-order valence-electron chi connectivity index (χ4n) is 2.92. The van der Waals surface area contributed by atoms with Crippen LogP contribution in [-0.2, 0) is 11.2 Å². The third-order valence-electron chi connectivity index (χ3n) is 4.52. The summed E-state index contributed by atoms with van der Waals surface area (Å²) in [6.45, 7) is 2.07. The second-order valence-electron chi connectivity index (χ2n) is 6.51. The highest BCUT2D eigenvalue weighted by Gasteiger charge is 2.13. The maximum Gasteiger partial charge on any atom is 0.300 e. The van der Waals surface area contributed by atoms with Crippen molar-refractivity contribution in [2.75, 3.05) is 11.1 Å². The molecule has 1 amide bonds. The van der Waals surface area contributed by atoms with Crippen LogP contribution in [0.25, 0.3) is 11.3 Å². The summed E-state index contributed by atoms with van der Waals surface area (Å²) < 4.78 is 16.0. The van der Waals surface area contributed by atoms with Gasteiger partial charge in [0.1, 0.15) is 5.82 Å². The number of fused-ring (bicyclic) bond motifs is 1. The van der Waals surface area contributed by atoms with Crippen LogP contribution in [0.2, 0.25) is 0 Å². The standard InChI is InChI=1S/C21H18FN5O2S/c1-2-14-3-7-16(8-4-14)23-18(28)13-30-21-25-24-19-20(29)26(11-12-27(19)21)17-9-5-15(22)6-10-17/h3-12H,2,13H2,1H3,(H,23,28). The Hall–Kier alpha value is -3.46. The predicted octanol–water partition coefficient (Wildman–Crippen LogP) is 3.31. The highest BCUT2D eigenvalue weighted by atomic mass is 32.2. The molecule has 2 aromatic heterocycles. The molecule has 4 rings (SSSR count). The van der Waals surface area contributed by atoms with Crippen molar-refractivity contribution in [3.63, 3.8) is 0 Å². The van der Waals surface area contributed by atoms with E-state index in [-0.39, 0.29) is 28.7 Å². The number of carbonyl (C=O) groups excluding carboxylic acids is 1. The number of rotatable bonds is 6. The van der Waals surface area contributed by atoms with E-state index in [1.807, 2.05) is 24.3 Å². The number of hydrogen-bond donors (Lipinski definition) is 1. The molecule has 0 atom stereocenters. The molecule has 0 fully saturated rings. The van der Waals surface area contributed by atoms with E-state index >= 15 is 0 Å². The molecule has 1 N–H and O–H groups in total. The molecule has 0 aliphatic carbocycles. The average molecular weight is 423 g/mol. The number of aromatic nitrogens is 4. The Morgan fingerprint density at radius 1 is 1.07 bits per heavy atom. The van der Waals surface area contributed by atoms with Gasteiger partial charge in [0.25, 0.3) is 0 Å². The summed E-state index contributed by atoms with van der Waals surface area (Å²) >= 11 is 1.18. The third kappa shape index (κ3) is 4.11. The number of carbonyl (C=O) groups is 1. The molecule has 0 radical (unpaired) electrons. The Bertz CT molecular complexity index is 1250. The van der Waals surface area contributed by atoms with E-state index in [2.05, 4.69) is 22.4 Å². The minimum absolute atomic E-state index is 0.122. The summed E-state index contributed by atoms with van der Waals surface area (Å²) in [6, 6.07) is 13.3. The lowest BCUT2D eigenvalue weighted by Crippen LogP contribution is -2.20. The number of nitrogens with zero attached hydrogens (tertiary/aromatic N) is 4. The molecule has 0 bridgehead atoms. The van der Waals surface area contributed by atoms with Gasteiger partial charge in [-0.25, -0.2) is 4.39 Å². The van der Waals surface area contributed by atoms with Crippen LogP contribution in [-0.4, -0.2) is 30.8 Å². The summed E-state index contributed by atoms with van der Waals surface area (Å²) in [5.74, 6) is -0.438. The maximum absolute atomic E-state index is 13.1. The Balaban J connectivity index is 1.48.